The highest BCUT2D eigenvalue weighted by Gasteiger charge is 2.35. The van der Waals surface area contributed by atoms with Gasteiger partial charge in [0.25, 0.3) is 0 Å². The minimum absolute atomic E-state index is 0.313. The lowest BCUT2D eigenvalue weighted by molar-refractivity contribution is -0.172. The first-order valence-electron chi connectivity index (χ1n) is 6.81. The molecule has 1 aliphatic carbocycles. The van der Waals surface area contributed by atoms with Crippen molar-refractivity contribution in [2.75, 3.05) is 6.61 Å². The number of ether oxygens (including phenoxy) is 2. The first-order valence-corrected chi connectivity index (χ1v) is 7.38. The van der Waals surface area contributed by atoms with Crippen molar-refractivity contribution in [2.24, 2.45) is 5.92 Å². The van der Waals surface area contributed by atoms with E-state index < -0.39 is 22.7 Å². The molecule has 5 heteroatoms. The molecule has 0 N–H and O–H groups in total. The van der Waals surface area contributed by atoms with Crippen LogP contribution in [0.5, 0.6) is 0 Å². The summed E-state index contributed by atoms with van der Waals surface area (Å²) in [6, 6.07) is 0. The molecule has 0 radical (unpaired) electrons. The van der Waals surface area contributed by atoms with Gasteiger partial charge in [-0.3, -0.25) is 4.79 Å². The van der Waals surface area contributed by atoms with Crippen LogP contribution in [0.2, 0.25) is 0 Å². The maximum atomic E-state index is 11.7. The highest BCUT2D eigenvalue weighted by Crippen LogP contribution is 2.36. The van der Waals surface area contributed by atoms with Gasteiger partial charge in [-0.2, -0.15) is 0 Å². The van der Waals surface area contributed by atoms with Crippen LogP contribution in [0.15, 0.2) is 0 Å². The second kappa shape index (κ2) is 6.21. The Kier molecular flexibility index (Phi) is 5.37. The third-order valence-corrected chi connectivity index (χ3v) is 3.80. The van der Waals surface area contributed by atoms with Gasteiger partial charge in [0, 0.05) is 0 Å². The quantitative estimate of drug-likeness (QED) is 0.576. The lowest BCUT2D eigenvalue weighted by atomic mass is 9.89. The van der Waals surface area contributed by atoms with E-state index in [0.29, 0.717) is 5.92 Å². The van der Waals surface area contributed by atoms with Gasteiger partial charge in [0.2, 0.25) is 0 Å². The molecule has 0 aromatic rings. The summed E-state index contributed by atoms with van der Waals surface area (Å²) in [7, 11) is 2.39. The molecule has 0 heterocycles. The predicted molar refractivity (Wildman–Crippen MR) is 76.9 cm³/mol. The van der Waals surface area contributed by atoms with E-state index in [4.69, 9.17) is 9.47 Å². The van der Waals surface area contributed by atoms with Gasteiger partial charge < -0.3 is 9.47 Å². The molecule has 1 fully saturated rings. The van der Waals surface area contributed by atoms with Crippen molar-refractivity contribution in [1.82, 2.24) is 0 Å². The molecule has 0 aromatic heterocycles. The summed E-state index contributed by atoms with van der Waals surface area (Å²) in [5, 5.41) is -0.679. The number of rotatable bonds is 5. The lowest BCUT2D eigenvalue weighted by Crippen LogP contribution is -2.37. The van der Waals surface area contributed by atoms with Crippen molar-refractivity contribution in [1.29, 1.82) is 0 Å². The fraction of sp³-hybridized carbons (Fsp3) is 0.857. The first kappa shape index (κ1) is 16.4. The van der Waals surface area contributed by atoms with Crippen LogP contribution in [0.4, 0.5) is 0 Å². The zero-order chi connectivity index (χ0) is 14.7. The van der Waals surface area contributed by atoms with Crippen molar-refractivity contribution >= 4 is 21.2 Å². The van der Waals surface area contributed by atoms with Crippen molar-refractivity contribution in [3.05, 3.63) is 0 Å². The second-order valence-electron chi connectivity index (χ2n) is 6.36. The van der Waals surface area contributed by atoms with Gasteiger partial charge >= 0.3 is 11.9 Å². The Morgan fingerprint density at radius 2 is 1.68 bits per heavy atom. The van der Waals surface area contributed by atoms with Gasteiger partial charge in [-0.05, 0) is 46.5 Å². The number of carbonyl (C=O) groups is 2. The van der Waals surface area contributed by atoms with E-state index in [9.17, 15) is 9.59 Å². The Morgan fingerprint density at radius 1 is 1.16 bits per heavy atom. The van der Waals surface area contributed by atoms with Crippen molar-refractivity contribution in [3.63, 3.8) is 0 Å². The molecule has 0 spiro atoms. The van der Waals surface area contributed by atoms with E-state index in [1.54, 1.807) is 13.8 Å². The summed E-state index contributed by atoms with van der Waals surface area (Å²) >= 11 is 0. The van der Waals surface area contributed by atoms with Crippen LogP contribution in [-0.2, 0) is 19.1 Å². The summed E-state index contributed by atoms with van der Waals surface area (Å²) < 4.78 is 10.4. The lowest BCUT2D eigenvalue weighted by Gasteiger charge is -2.31. The molecule has 4 nitrogen and oxygen atoms in total. The van der Waals surface area contributed by atoms with Crippen molar-refractivity contribution in [3.8, 4) is 0 Å². The maximum Gasteiger partial charge on any atom is 0.344 e. The molecule has 1 saturated carbocycles. The average molecular weight is 288 g/mol. The Morgan fingerprint density at radius 3 is 2.16 bits per heavy atom. The van der Waals surface area contributed by atoms with Crippen molar-refractivity contribution in [2.45, 2.75) is 64.1 Å². The Bertz CT molecular complexity index is 338. The predicted octanol–water partition coefficient (Wildman–Crippen LogP) is 2.70. The topological polar surface area (TPSA) is 52.6 Å². The molecule has 1 atom stereocenters. The molecule has 0 bridgehead atoms. The number of esters is 2. The van der Waals surface area contributed by atoms with E-state index in [2.05, 4.69) is 9.24 Å². The van der Waals surface area contributed by atoms with Crippen LogP contribution in [0, 0.1) is 5.92 Å². The molecule has 1 rings (SSSR count). The van der Waals surface area contributed by atoms with Crippen LogP contribution in [0.1, 0.15) is 53.4 Å². The van der Waals surface area contributed by atoms with Crippen LogP contribution < -0.4 is 0 Å². The molecular weight excluding hydrogens is 263 g/mol. The molecule has 1 aliphatic rings. The fourth-order valence-electron chi connectivity index (χ4n) is 2.34. The number of hydrogen-bond donors (Lipinski definition) is 0. The number of hydrogen-bond acceptors (Lipinski definition) is 4. The Labute approximate surface area is 117 Å². The van der Waals surface area contributed by atoms with E-state index in [0.717, 1.165) is 12.8 Å². The van der Waals surface area contributed by atoms with Crippen molar-refractivity contribution < 1.29 is 19.1 Å². The van der Waals surface area contributed by atoms with Gasteiger partial charge in [-0.15, -0.1) is 9.24 Å². The maximum absolute atomic E-state index is 11.7. The minimum Gasteiger partial charge on any atom is -0.457 e. The third-order valence-electron chi connectivity index (χ3n) is 3.56. The summed E-state index contributed by atoms with van der Waals surface area (Å²) in [4.78, 5) is 23.3. The second-order valence-corrected chi connectivity index (χ2v) is 7.80. The monoisotopic (exact) mass is 288 g/mol. The van der Waals surface area contributed by atoms with E-state index in [1.165, 1.54) is 12.8 Å². The van der Waals surface area contributed by atoms with Crippen LogP contribution in [0.25, 0.3) is 0 Å². The van der Waals surface area contributed by atoms with Gasteiger partial charge in [-0.25, -0.2) is 4.79 Å². The smallest absolute Gasteiger partial charge is 0.344 e. The molecule has 0 aromatic carbocycles. The first-order chi connectivity index (χ1) is 8.63. The number of carbonyl (C=O) groups excluding carboxylic acids is 2. The summed E-state index contributed by atoms with van der Waals surface area (Å²) in [5.74, 6) is -0.488. The normalized spacial score (nSPS) is 17.3. The zero-order valence-electron chi connectivity index (χ0n) is 12.3. The molecule has 110 valence electrons. The molecule has 0 saturated heterocycles. The summed E-state index contributed by atoms with van der Waals surface area (Å²) in [6.07, 6.45) is 4.58. The minimum atomic E-state index is -0.679. The van der Waals surface area contributed by atoms with Crippen LogP contribution in [-0.4, -0.2) is 29.3 Å². The molecular formula is C14H25O4P. The summed E-state index contributed by atoms with van der Waals surface area (Å²) in [6.45, 7) is 6.99. The highest BCUT2D eigenvalue weighted by molar-refractivity contribution is 7.20. The SMILES string of the molecule is CC(C)(P)C(=O)OCC(=O)OC(C)(C)C1CCCC1. The van der Waals surface area contributed by atoms with Crippen LogP contribution >= 0.6 is 9.24 Å². The Hall–Kier alpha value is -0.630. The van der Waals surface area contributed by atoms with E-state index in [1.807, 2.05) is 13.8 Å². The molecule has 0 amide bonds. The molecule has 19 heavy (non-hydrogen) atoms. The van der Waals surface area contributed by atoms with Gasteiger partial charge in [0.05, 0.1) is 5.16 Å². The van der Waals surface area contributed by atoms with E-state index >= 15 is 0 Å². The molecule has 1 unspecified atom stereocenters. The Balaban J connectivity index is 2.40. The van der Waals surface area contributed by atoms with Gasteiger partial charge in [0.15, 0.2) is 6.61 Å². The fourth-order valence-corrected chi connectivity index (χ4v) is 2.42. The van der Waals surface area contributed by atoms with E-state index in [-0.39, 0.29) is 6.61 Å². The molecule has 0 aliphatic heterocycles. The third kappa shape index (κ3) is 5.10. The van der Waals surface area contributed by atoms with Gasteiger partial charge in [0.1, 0.15) is 5.60 Å². The zero-order valence-corrected chi connectivity index (χ0v) is 13.5. The highest BCUT2D eigenvalue weighted by atomic mass is 31.0. The van der Waals surface area contributed by atoms with Crippen LogP contribution in [0.3, 0.4) is 0 Å². The largest absolute Gasteiger partial charge is 0.457 e. The van der Waals surface area contributed by atoms with Gasteiger partial charge in [-0.1, -0.05) is 12.8 Å². The standard InChI is InChI=1S/C14H25O4P/c1-13(2,10-7-5-6-8-10)18-11(15)9-17-12(16)14(3,4)19/h10H,5-9,19H2,1-4H3. The summed E-state index contributed by atoms with van der Waals surface area (Å²) in [5.41, 5.74) is -0.476. The average Bonchev–Trinajstić information content (AvgIpc) is 2.77.